The van der Waals surface area contributed by atoms with Crippen molar-refractivity contribution in [2.45, 2.75) is 194 Å². The Hall–Kier alpha value is -0.0995. The molecular formula is C36H66Ag2O4. The van der Waals surface area contributed by atoms with E-state index in [-0.39, 0.29) is 57.6 Å². The van der Waals surface area contributed by atoms with Gasteiger partial charge in [0, 0.05) is 11.9 Å². The predicted octanol–water partition coefficient (Wildman–Crippen LogP) is 9.54. The molecule has 4 nitrogen and oxygen atoms in total. The molecule has 0 spiro atoms. The molecule has 0 bridgehead atoms. The second-order valence-corrected chi connectivity index (χ2v) is 11.4. The summed E-state index contributed by atoms with van der Waals surface area (Å²) in [5, 5.41) is 20.4. The maximum Gasteiger partial charge on any atom is 1.00 e. The van der Waals surface area contributed by atoms with Crippen molar-refractivity contribution in [1.82, 2.24) is 0 Å². The van der Waals surface area contributed by atoms with Gasteiger partial charge in [0.25, 0.3) is 0 Å². The van der Waals surface area contributed by atoms with Crippen molar-refractivity contribution >= 4 is 11.9 Å². The number of unbranched alkanes of at least 4 members (excludes halogenated alkanes) is 22. The monoisotopic (exact) mass is 776 g/mol. The summed E-state index contributed by atoms with van der Waals surface area (Å²) in [6, 6.07) is 0. The number of hydrogen-bond acceptors (Lipinski definition) is 4. The summed E-state index contributed by atoms with van der Waals surface area (Å²) in [5.41, 5.74) is 0. The van der Waals surface area contributed by atoms with Crippen LogP contribution in [0.1, 0.15) is 194 Å². The number of hydrogen-bond donors (Lipinski definition) is 0. The van der Waals surface area contributed by atoms with E-state index in [0.29, 0.717) is 0 Å². The minimum Gasteiger partial charge on any atom is -0.550 e. The van der Waals surface area contributed by atoms with Crippen molar-refractivity contribution in [3.63, 3.8) is 0 Å². The second kappa shape index (κ2) is 45.3. The molecule has 0 aliphatic heterocycles. The molecule has 42 heavy (non-hydrogen) atoms. The molecule has 256 valence electrons. The molecular weight excluding hydrogens is 712 g/mol. The molecule has 0 amide bonds. The average Bonchev–Trinajstić information content (AvgIpc) is 2.93. The van der Waals surface area contributed by atoms with Crippen molar-refractivity contribution in [1.29, 1.82) is 0 Å². The van der Waals surface area contributed by atoms with Crippen LogP contribution in [0.15, 0.2) is 24.3 Å². The van der Waals surface area contributed by atoms with Crippen molar-refractivity contribution in [2.24, 2.45) is 0 Å². The van der Waals surface area contributed by atoms with Crippen LogP contribution in [-0.2, 0) is 54.3 Å². The van der Waals surface area contributed by atoms with Gasteiger partial charge in [0.1, 0.15) is 0 Å². The molecule has 0 fully saturated rings. The third-order valence-electron chi connectivity index (χ3n) is 7.29. The first-order valence-electron chi connectivity index (χ1n) is 17.2. The Morgan fingerprint density at radius 1 is 0.381 bits per heavy atom. The van der Waals surface area contributed by atoms with Gasteiger partial charge < -0.3 is 19.8 Å². The van der Waals surface area contributed by atoms with Crippen molar-refractivity contribution in [2.75, 3.05) is 0 Å². The molecule has 0 saturated carbocycles. The Morgan fingerprint density at radius 3 is 0.833 bits per heavy atom. The smallest absolute Gasteiger partial charge is 0.550 e. The van der Waals surface area contributed by atoms with Crippen LogP contribution in [0.5, 0.6) is 0 Å². The van der Waals surface area contributed by atoms with E-state index in [1.807, 2.05) is 0 Å². The Bertz CT molecular complexity index is 529. The number of carboxylic acids is 2. The number of allylic oxidation sites excluding steroid dienone is 4. The average molecular weight is 779 g/mol. The fraction of sp³-hybridized carbons (Fsp3) is 0.833. The van der Waals surface area contributed by atoms with Gasteiger partial charge in [0.15, 0.2) is 0 Å². The van der Waals surface area contributed by atoms with Crippen molar-refractivity contribution in [3.05, 3.63) is 24.3 Å². The molecule has 0 radical (unpaired) electrons. The number of carboxylic acid groups (broad SMARTS) is 2. The van der Waals surface area contributed by atoms with Crippen LogP contribution in [0, 0.1) is 0 Å². The molecule has 0 rings (SSSR count). The van der Waals surface area contributed by atoms with Gasteiger partial charge in [-0.25, -0.2) is 0 Å². The summed E-state index contributed by atoms with van der Waals surface area (Å²) in [6.45, 7) is 4.51. The number of aliphatic carboxylic acids is 2. The molecule has 6 heteroatoms. The Kier molecular flexibility index (Phi) is 52.7. The molecule has 0 aliphatic rings. The van der Waals surface area contributed by atoms with E-state index in [4.69, 9.17) is 0 Å². The van der Waals surface area contributed by atoms with Crippen LogP contribution < -0.4 is 10.2 Å². The second-order valence-electron chi connectivity index (χ2n) is 11.4. The first-order chi connectivity index (χ1) is 19.5. The molecule has 0 saturated heterocycles. The minimum atomic E-state index is -0.914. The molecule has 0 atom stereocenters. The van der Waals surface area contributed by atoms with E-state index >= 15 is 0 Å². The zero-order chi connectivity index (χ0) is 29.8. The number of carbonyl (C=O) groups is 2. The largest absolute Gasteiger partial charge is 1.00 e. The van der Waals surface area contributed by atoms with E-state index in [0.717, 1.165) is 38.5 Å². The molecule has 0 aromatic carbocycles. The van der Waals surface area contributed by atoms with Crippen LogP contribution in [0.3, 0.4) is 0 Å². The number of carbonyl (C=O) groups excluding carboxylic acids is 2. The van der Waals surface area contributed by atoms with Crippen LogP contribution in [0.2, 0.25) is 0 Å². The van der Waals surface area contributed by atoms with Gasteiger partial charge in [-0.1, -0.05) is 141 Å². The zero-order valence-electron chi connectivity index (χ0n) is 27.3. The normalized spacial score (nSPS) is 10.7. The van der Waals surface area contributed by atoms with Crippen LogP contribution >= 0.6 is 0 Å². The van der Waals surface area contributed by atoms with Gasteiger partial charge in [-0.3, -0.25) is 0 Å². The zero-order valence-corrected chi connectivity index (χ0v) is 30.3. The molecule has 0 unspecified atom stereocenters. The molecule has 0 N–H and O–H groups in total. The van der Waals surface area contributed by atoms with E-state index in [1.54, 1.807) is 0 Å². The molecule has 0 aliphatic carbocycles. The Morgan fingerprint density at radius 2 is 0.595 bits per heavy atom. The predicted molar refractivity (Wildman–Crippen MR) is 169 cm³/mol. The summed E-state index contributed by atoms with van der Waals surface area (Å²) in [4.78, 5) is 20.4. The van der Waals surface area contributed by atoms with Crippen LogP contribution in [0.25, 0.3) is 0 Å². The summed E-state index contributed by atoms with van der Waals surface area (Å²) in [6.07, 6.45) is 41.8. The Balaban J connectivity index is -0.000000328. The third kappa shape index (κ3) is 52.5. The van der Waals surface area contributed by atoms with E-state index in [1.165, 1.54) is 128 Å². The summed E-state index contributed by atoms with van der Waals surface area (Å²) in [5.74, 6) is -1.83. The van der Waals surface area contributed by atoms with Gasteiger partial charge in [0.2, 0.25) is 0 Å². The van der Waals surface area contributed by atoms with Crippen molar-refractivity contribution < 1.29 is 64.6 Å². The number of rotatable bonds is 30. The van der Waals surface area contributed by atoms with Gasteiger partial charge in [-0.15, -0.1) is 0 Å². The minimum absolute atomic E-state index is 0. The fourth-order valence-corrected chi connectivity index (χ4v) is 4.68. The van der Waals surface area contributed by atoms with E-state index in [9.17, 15) is 19.8 Å². The Labute approximate surface area is 292 Å². The van der Waals surface area contributed by atoms with Gasteiger partial charge in [-0.2, -0.15) is 0 Å². The van der Waals surface area contributed by atoms with Crippen LogP contribution in [0.4, 0.5) is 0 Å². The summed E-state index contributed by atoms with van der Waals surface area (Å²) < 4.78 is 0. The fourth-order valence-electron chi connectivity index (χ4n) is 4.68. The standard InChI is InChI=1S/2C18H34O2.2Ag/c2*1-2-3-4-5-6-7-8-9-10-11-12-13-14-15-16-17-18(19)20;;/h2*9-10H,2-8,11-17H2,1H3,(H,19,20);;/q;;2*+1/p-2/b2*10-9-;;. The molecule has 0 heterocycles. The van der Waals surface area contributed by atoms with Crippen LogP contribution in [-0.4, -0.2) is 11.9 Å². The topological polar surface area (TPSA) is 80.3 Å². The maximum absolute atomic E-state index is 10.2. The quantitative estimate of drug-likeness (QED) is 0.0414. The summed E-state index contributed by atoms with van der Waals surface area (Å²) >= 11 is 0. The summed E-state index contributed by atoms with van der Waals surface area (Å²) in [7, 11) is 0. The van der Waals surface area contributed by atoms with Crippen molar-refractivity contribution in [3.8, 4) is 0 Å². The third-order valence-corrected chi connectivity index (χ3v) is 7.29. The van der Waals surface area contributed by atoms with E-state index in [2.05, 4.69) is 38.2 Å². The first kappa shape index (κ1) is 48.8. The first-order valence-corrected chi connectivity index (χ1v) is 17.2. The van der Waals surface area contributed by atoms with Gasteiger partial charge in [-0.05, 0) is 77.0 Å². The molecule has 0 aromatic rings. The van der Waals surface area contributed by atoms with E-state index < -0.39 is 11.9 Å². The maximum atomic E-state index is 10.2. The van der Waals surface area contributed by atoms with Gasteiger partial charge in [0.05, 0.1) is 0 Å². The van der Waals surface area contributed by atoms with Gasteiger partial charge >= 0.3 is 44.8 Å². The SMILES string of the molecule is CCCCCCCC/C=C\CCCCCCCC(=O)[O-].CCCCCCCC/C=C\CCCCCCCC(=O)[O-].[Ag+].[Ag+]. The molecule has 0 aromatic heterocycles.